The van der Waals surface area contributed by atoms with Gasteiger partial charge in [0.15, 0.2) is 0 Å². The van der Waals surface area contributed by atoms with Gasteiger partial charge in [0.05, 0.1) is 29.1 Å². The summed E-state index contributed by atoms with van der Waals surface area (Å²) in [5.41, 5.74) is 2.61. The van der Waals surface area contributed by atoms with E-state index >= 15 is 0 Å². The smallest absolute Gasteiger partial charge is 0.252 e. The van der Waals surface area contributed by atoms with Gasteiger partial charge in [0.1, 0.15) is 11.6 Å². The lowest BCUT2D eigenvalue weighted by atomic mass is 9.88. The van der Waals surface area contributed by atoms with Crippen LogP contribution in [-0.2, 0) is 0 Å². The number of H-pyrrole nitrogens is 1. The number of pyridine rings is 2. The minimum atomic E-state index is -2.56. The van der Waals surface area contributed by atoms with Gasteiger partial charge < -0.3 is 20.5 Å². The zero-order valence-electron chi connectivity index (χ0n) is 18.4. The lowest BCUT2D eigenvalue weighted by molar-refractivity contribution is -0.0794. The number of hydrogen-bond acceptors (Lipinski definition) is 7. The first-order valence-electron chi connectivity index (χ1n) is 11.7. The Bertz CT molecular complexity index is 1110. The molecular weight excluding hydrogens is 426 g/mol. The molecule has 2 saturated carbocycles. The van der Waals surface area contributed by atoms with Crippen LogP contribution in [0, 0.1) is 5.92 Å². The van der Waals surface area contributed by atoms with Gasteiger partial charge in [0.2, 0.25) is 5.95 Å². The van der Waals surface area contributed by atoms with Gasteiger partial charge in [-0.1, -0.05) is 0 Å². The zero-order chi connectivity index (χ0) is 22.4. The molecule has 0 radical (unpaired) electrons. The first-order valence-corrected chi connectivity index (χ1v) is 11.7. The molecule has 3 aliphatic rings. The van der Waals surface area contributed by atoms with Crippen molar-refractivity contribution in [2.75, 3.05) is 48.3 Å². The summed E-state index contributed by atoms with van der Waals surface area (Å²) in [6, 6.07) is 5.57. The number of nitrogens with zero attached hydrogens (tertiary/aromatic N) is 5. The Morgan fingerprint density at radius 1 is 1.03 bits per heavy atom. The lowest BCUT2D eigenvalue weighted by Gasteiger charge is -2.36. The summed E-state index contributed by atoms with van der Waals surface area (Å²) in [6.07, 6.45) is 6.06. The second-order valence-corrected chi connectivity index (χ2v) is 9.54. The van der Waals surface area contributed by atoms with E-state index in [1.54, 1.807) is 12.3 Å². The first kappa shape index (κ1) is 20.6. The summed E-state index contributed by atoms with van der Waals surface area (Å²) in [4.78, 5) is 21.6. The highest BCUT2D eigenvalue weighted by molar-refractivity contribution is 5.80. The Kier molecular flexibility index (Phi) is 5.05. The van der Waals surface area contributed by atoms with Gasteiger partial charge in [-0.25, -0.2) is 23.7 Å². The van der Waals surface area contributed by atoms with Crippen LogP contribution in [0.3, 0.4) is 0 Å². The number of anilines is 4. The highest BCUT2D eigenvalue weighted by Crippen LogP contribution is 2.39. The average molecular weight is 455 g/mol. The molecule has 0 spiro atoms. The Morgan fingerprint density at radius 3 is 2.52 bits per heavy atom. The zero-order valence-corrected chi connectivity index (χ0v) is 18.4. The van der Waals surface area contributed by atoms with Gasteiger partial charge in [0, 0.05) is 57.7 Å². The predicted molar refractivity (Wildman–Crippen MR) is 124 cm³/mol. The number of rotatable bonds is 7. The van der Waals surface area contributed by atoms with Crippen molar-refractivity contribution >= 4 is 34.3 Å². The fourth-order valence-corrected chi connectivity index (χ4v) is 4.64. The highest BCUT2D eigenvalue weighted by Gasteiger charge is 2.45. The minimum absolute atomic E-state index is 0.155. The molecular formula is C23H28F2N8. The van der Waals surface area contributed by atoms with E-state index in [1.165, 1.54) is 19.4 Å². The molecule has 10 heteroatoms. The minimum Gasteiger partial charge on any atom is -0.368 e. The van der Waals surface area contributed by atoms with Crippen molar-refractivity contribution in [1.29, 1.82) is 0 Å². The molecule has 0 atom stereocenters. The van der Waals surface area contributed by atoms with E-state index in [2.05, 4.69) is 46.4 Å². The Labute approximate surface area is 190 Å². The Hall–Kier alpha value is -3.01. The molecule has 1 aliphatic heterocycles. The van der Waals surface area contributed by atoms with Gasteiger partial charge in [-0.2, -0.15) is 0 Å². The van der Waals surface area contributed by atoms with E-state index in [9.17, 15) is 8.78 Å². The van der Waals surface area contributed by atoms with Crippen molar-refractivity contribution < 1.29 is 8.78 Å². The summed E-state index contributed by atoms with van der Waals surface area (Å²) in [5, 5.41) is 6.25. The number of aromatic nitrogens is 4. The quantitative estimate of drug-likeness (QED) is 0.500. The van der Waals surface area contributed by atoms with Crippen molar-refractivity contribution in [2.45, 2.75) is 37.6 Å². The van der Waals surface area contributed by atoms with E-state index in [4.69, 9.17) is 0 Å². The number of aromatic amines is 1. The summed E-state index contributed by atoms with van der Waals surface area (Å²) < 4.78 is 26.1. The maximum absolute atomic E-state index is 13.0. The molecule has 3 aromatic rings. The third kappa shape index (κ3) is 4.71. The van der Waals surface area contributed by atoms with Crippen LogP contribution in [0.2, 0.25) is 0 Å². The Morgan fingerprint density at radius 2 is 1.82 bits per heavy atom. The van der Waals surface area contributed by atoms with Crippen molar-refractivity contribution in [3.05, 3.63) is 30.6 Å². The number of fused-ring (bicyclic) bond motifs is 1. The van der Waals surface area contributed by atoms with Crippen LogP contribution in [-0.4, -0.2) is 69.5 Å². The molecule has 8 nitrogen and oxygen atoms in total. The second kappa shape index (κ2) is 8.09. The van der Waals surface area contributed by atoms with E-state index in [0.29, 0.717) is 23.1 Å². The van der Waals surface area contributed by atoms with E-state index in [1.807, 2.05) is 12.3 Å². The van der Waals surface area contributed by atoms with Gasteiger partial charge in [0.25, 0.3) is 5.92 Å². The molecule has 4 heterocycles. The van der Waals surface area contributed by atoms with Crippen molar-refractivity contribution in [3.63, 3.8) is 0 Å². The molecule has 2 aliphatic carbocycles. The van der Waals surface area contributed by atoms with Gasteiger partial charge in [-0.05, 0) is 30.9 Å². The molecule has 33 heavy (non-hydrogen) atoms. The number of imidazole rings is 1. The second-order valence-electron chi connectivity index (χ2n) is 9.54. The fraction of sp³-hybridized carbons (Fsp3) is 0.522. The van der Waals surface area contributed by atoms with Crippen LogP contribution in [0.15, 0.2) is 30.6 Å². The third-order valence-electron chi connectivity index (χ3n) is 6.75. The molecule has 174 valence electrons. The average Bonchev–Trinajstić information content (AvgIpc) is 3.50. The standard InChI is InChI=1S/C23H28F2N8/c24-23(25)10-16(11-23)28-21-9-18-19(13-27-21)30-22(29-18)31-20-4-3-17(12-26-20)33-7-5-32(6-8-33)14-15-1-2-15/h3-4,9,12-13,15-16H,1-2,5-8,10-11,14H2,(H,27,28)(H2,26,29,30,31). The monoisotopic (exact) mass is 454 g/mol. The number of hydrogen-bond donors (Lipinski definition) is 3. The SMILES string of the molecule is FC1(F)CC(Nc2cc3nc(Nc4ccc(N5CCN(CC6CC6)CC5)cn4)[nH]c3cn2)C1. The summed E-state index contributed by atoms with van der Waals surface area (Å²) in [7, 11) is 0. The highest BCUT2D eigenvalue weighted by atomic mass is 19.3. The molecule has 0 unspecified atom stereocenters. The third-order valence-corrected chi connectivity index (χ3v) is 6.75. The number of halogens is 2. The van der Waals surface area contributed by atoms with Gasteiger partial charge >= 0.3 is 0 Å². The molecule has 0 bridgehead atoms. The van der Waals surface area contributed by atoms with Crippen LogP contribution in [0.4, 0.5) is 32.1 Å². The predicted octanol–water partition coefficient (Wildman–Crippen LogP) is 3.84. The first-order chi connectivity index (χ1) is 16.0. The van der Waals surface area contributed by atoms with E-state index < -0.39 is 5.92 Å². The normalized spacial score (nSPS) is 21.2. The number of nitrogens with one attached hydrogen (secondary N) is 3. The molecule has 6 rings (SSSR count). The maximum Gasteiger partial charge on any atom is 0.252 e. The van der Waals surface area contributed by atoms with Crippen molar-refractivity contribution in [3.8, 4) is 0 Å². The fourth-order valence-electron chi connectivity index (χ4n) is 4.64. The van der Waals surface area contributed by atoms with Gasteiger partial charge in [-0.3, -0.25) is 4.90 Å². The van der Waals surface area contributed by atoms with E-state index in [-0.39, 0.29) is 18.9 Å². The van der Waals surface area contributed by atoms with Crippen molar-refractivity contribution in [2.24, 2.45) is 5.92 Å². The topological polar surface area (TPSA) is 85.0 Å². The molecule has 0 aromatic carbocycles. The van der Waals surface area contributed by atoms with E-state index in [0.717, 1.165) is 43.3 Å². The van der Waals surface area contributed by atoms with Crippen molar-refractivity contribution in [1.82, 2.24) is 24.8 Å². The molecule has 3 N–H and O–H groups in total. The van der Waals surface area contributed by atoms with Crippen LogP contribution in [0.5, 0.6) is 0 Å². The molecule has 0 amide bonds. The molecule has 3 fully saturated rings. The van der Waals surface area contributed by atoms with Gasteiger partial charge in [-0.15, -0.1) is 0 Å². The number of alkyl halides is 2. The maximum atomic E-state index is 13.0. The molecule has 3 aromatic heterocycles. The largest absolute Gasteiger partial charge is 0.368 e. The summed E-state index contributed by atoms with van der Waals surface area (Å²) >= 11 is 0. The summed E-state index contributed by atoms with van der Waals surface area (Å²) in [5.74, 6) is 0.205. The molecule has 1 saturated heterocycles. The van der Waals surface area contributed by atoms with Crippen LogP contribution in [0.25, 0.3) is 11.0 Å². The lowest BCUT2D eigenvalue weighted by Crippen LogP contribution is -2.47. The Balaban J connectivity index is 1.06. The van der Waals surface area contributed by atoms with Crippen LogP contribution < -0.4 is 15.5 Å². The van der Waals surface area contributed by atoms with Crippen LogP contribution in [0.1, 0.15) is 25.7 Å². The van der Waals surface area contributed by atoms with Crippen LogP contribution >= 0.6 is 0 Å². The summed E-state index contributed by atoms with van der Waals surface area (Å²) in [6.45, 7) is 5.56. The number of piperazine rings is 1.